The highest BCUT2D eigenvalue weighted by Gasteiger charge is 2.38. The van der Waals surface area contributed by atoms with Crippen LogP contribution in [0.2, 0.25) is 0 Å². The van der Waals surface area contributed by atoms with Gasteiger partial charge in [-0.3, -0.25) is 14.4 Å². The number of nitrogens with zero attached hydrogens (tertiary/aromatic N) is 4. The van der Waals surface area contributed by atoms with Gasteiger partial charge in [-0.15, -0.1) is 0 Å². The van der Waals surface area contributed by atoms with Gasteiger partial charge in [-0.05, 0) is 56.5 Å². The maximum absolute atomic E-state index is 13.3. The number of carbonyl (C=O) groups excluding carboxylic acids is 1. The minimum atomic E-state index is -2.64. The summed E-state index contributed by atoms with van der Waals surface area (Å²) in [6, 6.07) is 3.60. The van der Waals surface area contributed by atoms with Crippen LogP contribution in [0.15, 0.2) is 18.3 Å². The normalized spacial score (nSPS) is 20.1. The Labute approximate surface area is 180 Å². The van der Waals surface area contributed by atoms with Crippen molar-refractivity contribution in [2.75, 3.05) is 39.3 Å². The summed E-state index contributed by atoms with van der Waals surface area (Å²) < 4.78 is 29.7. The lowest BCUT2D eigenvalue weighted by atomic mass is 9.98. The summed E-state index contributed by atoms with van der Waals surface area (Å²) in [6.07, 6.45) is 4.15. The van der Waals surface area contributed by atoms with Crippen molar-refractivity contribution in [1.82, 2.24) is 24.4 Å². The van der Waals surface area contributed by atoms with E-state index in [0.29, 0.717) is 24.6 Å². The predicted octanol–water partition coefficient (Wildman–Crippen LogP) is 3.28. The van der Waals surface area contributed by atoms with E-state index in [1.807, 2.05) is 23.9 Å². The van der Waals surface area contributed by atoms with Gasteiger partial charge in [0.15, 0.2) is 0 Å². The number of aromatic nitrogens is 2. The molecule has 1 amide bonds. The molecule has 1 aromatic carbocycles. The summed E-state index contributed by atoms with van der Waals surface area (Å²) in [6.45, 7) is 5.45. The second-order valence-electron chi connectivity index (χ2n) is 8.49. The van der Waals surface area contributed by atoms with E-state index in [1.54, 1.807) is 11.0 Å². The fraction of sp³-hybridized carbons (Fsp3) is 0.619. The van der Waals surface area contributed by atoms with Gasteiger partial charge in [0.05, 0.1) is 18.6 Å². The van der Waals surface area contributed by atoms with E-state index in [0.717, 1.165) is 53.4 Å². The fourth-order valence-corrected chi connectivity index (χ4v) is 4.56. The zero-order chi connectivity index (χ0) is 21.3. The van der Waals surface area contributed by atoms with Crippen LogP contribution in [0.3, 0.4) is 0 Å². The lowest BCUT2D eigenvalue weighted by molar-refractivity contribution is 0.0121. The lowest BCUT2D eigenvalue weighted by Gasteiger charge is -2.22. The van der Waals surface area contributed by atoms with E-state index in [-0.39, 0.29) is 25.4 Å². The molecule has 0 radical (unpaired) electrons. The van der Waals surface area contributed by atoms with Crippen LogP contribution < -0.4 is 5.32 Å². The summed E-state index contributed by atoms with van der Waals surface area (Å²) in [5, 5.41) is 8.99. The molecule has 0 saturated carbocycles. The zero-order valence-corrected chi connectivity index (χ0v) is 18.0. The minimum Gasteiger partial charge on any atom is -0.317 e. The quantitative estimate of drug-likeness (QED) is 0.702. The van der Waals surface area contributed by atoms with Gasteiger partial charge >= 0.3 is 0 Å². The first-order valence-corrected chi connectivity index (χ1v) is 10.9. The smallest absolute Gasteiger partial charge is 0.268 e. The van der Waals surface area contributed by atoms with E-state index < -0.39 is 5.92 Å². The van der Waals surface area contributed by atoms with Crippen LogP contribution in [-0.2, 0) is 6.54 Å². The number of hydrogen-bond acceptors (Lipinski definition) is 4. The molecule has 0 atom stereocenters. The Bertz CT molecular complexity index is 912. The van der Waals surface area contributed by atoms with Gasteiger partial charge in [-0.25, -0.2) is 13.2 Å². The van der Waals surface area contributed by atoms with Crippen LogP contribution >= 0.6 is 11.8 Å². The third-order valence-electron chi connectivity index (χ3n) is 6.22. The van der Waals surface area contributed by atoms with Crippen LogP contribution in [0.1, 0.15) is 35.2 Å². The van der Waals surface area contributed by atoms with Crippen LogP contribution in [0.5, 0.6) is 0 Å². The van der Waals surface area contributed by atoms with Gasteiger partial charge in [-0.2, -0.15) is 5.10 Å². The maximum atomic E-state index is 13.3. The number of benzene rings is 1. The van der Waals surface area contributed by atoms with Crippen molar-refractivity contribution >= 4 is 28.6 Å². The van der Waals surface area contributed by atoms with E-state index in [1.165, 1.54) is 0 Å². The van der Waals surface area contributed by atoms with Crippen molar-refractivity contribution in [2.24, 2.45) is 5.92 Å². The number of likely N-dealkylation sites (tertiary alicyclic amines) is 1. The molecule has 2 saturated heterocycles. The molecule has 3 heterocycles. The van der Waals surface area contributed by atoms with Crippen molar-refractivity contribution in [3.8, 4) is 0 Å². The molecule has 2 aliphatic heterocycles. The topological polar surface area (TPSA) is 53.4 Å². The van der Waals surface area contributed by atoms with E-state index >= 15 is 0 Å². The van der Waals surface area contributed by atoms with Gasteiger partial charge in [0.2, 0.25) is 0 Å². The molecule has 0 bridgehead atoms. The van der Waals surface area contributed by atoms with Crippen molar-refractivity contribution in [1.29, 1.82) is 0 Å². The first-order chi connectivity index (χ1) is 14.3. The summed E-state index contributed by atoms with van der Waals surface area (Å²) in [5.41, 5.74) is 2.22. The largest absolute Gasteiger partial charge is 0.317 e. The Balaban J connectivity index is 1.42. The zero-order valence-electron chi connectivity index (χ0n) is 17.2. The molecule has 0 unspecified atom stereocenters. The highest BCUT2D eigenvalue weighted by atomic mass is 35.5. The van der Waals surface area contributed by atoms with Crippen LogP contribution in [0.25, 0.3) is 10.9 Å². The Morgan fingerprint density at radius 2 is 2.13 bits per heavy atom. The Kier molecular flexibility index (Phi) is 6.27. The Hall–Kier alpha value is -1.77. The number of fused-ring (bicyclic) bond motifs is 1. The molecule has 2 aromatic rings. The van der Waals surface area contributed by atoms with Gasteiger partial charge < -0.3 is 5.32 Å². The summed E-state index contributed by atoms with van der Waals surface area (Å²) >= 11 is 6.22. The van der Waals surface area contributed by atoms with Crippen molar-refractivity contribution in [3.05, 3.63) is 29.5 Å². The lowest BCUT2D eigenvalue weighted by Crippen LogP contribution is -2.34. The third-order valence-corrected chi connectivity index (χ3v) is 6.54. The molecule has 1 N–H and O–H groups in total. The Morgan fingerprint density at radius 1 is 1.37 bits per heavy atom. The van der Waals surface area contributed by atoms with Crippen molar-refractivity contribution in [2.45, 2.75) is 38.7 Å². The fourth-order valence-electron chi connectivity index (χ4n) is 4.39. The number of hydrogen-bond donors (Lipinski definition) is 1. The first kappa shape index (κ1) is 21.5. The molecule has 2 aliphatic rings. The molecule has 0 spiro atoms. The number of halogens is 3. The molecule has 1 aromatic heterocycles. The second kappa shape index (κ2) is 8.77. The monoisotopic (exact) mass is 439 g/mol. The average molecular weight is 440 g/mol. The minimum absolute atomic E-state index is 0.139. The van der Waals surface area contributed by atoms with E-state index in [4.69, 9.17) is 11.8 Å². The highest BCUT2D eigenvalue weighted by molar-refractivity contribution is 6.24. The van der Waals surface area contributed by atoms with Gasteiger partial charge in [0.1, 0.15) is 0 Å². The van der Waals surface area contributed by atoms with E-state index in [9.17, 15) is 13.6 Å². The highest BCUT2D eigenvalue weighted by Crippen LogP contribution is 2.27. The number of piperidine rings is 1. The summed E-state index contributed by atoms with van der Waals surface area (Å²) in [7, 11) is 0. The molecule has 164 valence electrons. The van der Waals surface area contributed by atoms with Crippen molar-refractivity contribution < 1.29 is 13.6 Å². The molecule has 0 aliphatic carbocycles. The number of alkyl halides is 2. The van der Waals surface area contributed by atoms with Gasteiger partial charge in [0.25, 0.3) is 11.8 Å². The predicted molar refractivity (Wildman–Crippen MR) is 113 cm³/mol. The molecule has 4 rings (SSSR count). The SMILES string of the molecule is Cc1c(C(=O)N(Cl)CCN2CCC(F)(F)C2)ccc2nn(CC3CCNCC3)cc12. The number of carbonyl (C=O) groups is 1. The van der Waals surface area contributed by atoms with Crippen LogP contribution in [0.4, 0.5) is 8.78 Å². The Morgan fingerprint density at radius 3 is 2.83 bits per heavy atom. The molecule has 30 heavy (non-hydrogen) atoms. The summed E-state index contributed by atoms with van der Waals surface area (Å²) in [5.74, 6) is -2.34. The van der Waals surface area contributed by atoms with E-state index in [2.05, 4.69) is 10.4 Å². The maximum Gasteiger partial charge on any atom is 0.268 e. The average Bonchev–Trinajstić information content (AvgIpc) is 3.29. The number of aryl methyl sites for hydroxylation is 1. The van der Waals surface area contributed by atoms with Gasteiger partial charge in [-0.1, -0.05) is 0 Å². The number of nitrogens with one attached hydrogen (secondary N) is 1. The first-order valence-electron chi connectivity index (χ1n) is 10.6. The third kappa shape index (κ3) is 4.76. The van der Waals surface area contributed by atoms with Crippen LogP contribution in [-0.4, -0.2) is 70.2 Å². The standard InChI is InChI=1S/C21H28ClF2N5O/c1-15-17(20(30)29(22)11-10-27-9-6-21(23,24)14-27)2-3-19-18(15)13-28(26-19)12-16-4-7-25-8-5-16/h2-3,13,16,25H,4-12,14H2,1H3. The van der Waals surface area contributed by atoms with Crippen LogP contribution in [0, 0.1) is 12.8 Å². The molecular formula is C21H28ClF2N5O. The van der Waals surface area contributed by atoms with Crippen molar-refractivity contribution in [3.63, 3.8) is 0 Å². The molecule has 2 fully saturated rings. The molecule has 6 nitrogen and oxygen atoms in total. The second-order valence-corrected chi connectivity index (χ2v) is 8.90. The number of amides is 1. The molecular weight excluding hydrogens is 412 g/mol. The van der Waals surface area contributed by atoms with Gasteiger partial charge in [0, 0.05) is 55.0 Å². The summed E-state index contributed by atoms with van der Waals surface area (Å²) in [4.78, 5) is 14.5. The molecule has 9 heteroatoms. The number of rotatable bonds is 6.